The Morgan fingerprint density at radius 2 is 1.91 bits per heavy atom. The van der Waals surface area contributed by atoms with Gasteiger partial charge in [-0.3, -0.25) is 0 Å². The lowest BCUT2D eigenvalue weighted by Gasteiger charge is -2.38. The van der Waals surface area contributed by atoms with Gasteiger partial charge in [0.2, 0.25) is 0 Å². The van der Waals surface area contributed by atoms with Crippen molar-refractivity contribution >= 4 is 23.0 Å². The Morgan fingerprint density at radius 1 is 1.23 bits per heavy atom. The highest BCUT2D eigenvalue weighted by molar-refractivity contribution is 7.80. The van der Waals surface area contributed by atoms with Gasteiger partial charge in [0.25, 0.3) is 0 Å². The molecule has 0 spiro atoms. The van der Waals surface area contributed by atoms with Gasteiger partial charge in [-0.2, -0.15) is 0 Å². The minimum Gasteiger partial charge on any atom is -0.495 e. The molecular weight excluding hydrogens is 298 g/mol. The Balaban J connectivity index is 1.89. The van der Waals surface area contributed by atoms with E-state index in [4.69, 9.17) is 21.7 Å². The van der Waals surface area contributed by atoms with Crippen molar-refractivity contribution in [3.8, 4) is 5.75 Å². The number of para-hydroxylation sites is 2. The standard InChI is InChI=1S/C16H25N3O2S/c1-13(12-20-2)17-16(22)19-10-8-18(9-11-19)14-6-4-5-7-15(14)21-3/h4-7,13H,8-12H2,1-3H3,(H,17,22). The summed E-state index contributed by atoms with van der Waals surface area (Å²) >= 11 is 5.48. The van der Waals surface area contributed by atoms with Crippen LogP contribution in [-0.2, 0) is 4.74 Å². The number of methoxy groups -OCH3 is 2. The van der Waals surface area contributed by atoms with Gasteiger partial charge in [-0.1, -0.05) is 12.1 Å². The first-order valence-electron chi connectivity index (χ1n) is 7.58. The van der Waals surface area contributed by atoms with E-state index in [1.54, 1.807) is 14.2 Å². The van der Waals surface area contributed by atoms with E-state index in [1.165, 1.54) is 0 Å². The zero-order valence-corrected chi connectivity index (χ0v) is 14.4. The van der Waals surface area contributed by atoms with Crippen LogP contribution in [0.3, 0.4) is 0 Å². The molecule has 1 aliphatic rings. The van der Waals surface area contributed by atoms with Crippen molar-refractivity contribution in [2.24, 2.45) is 0 Å². The SMILES string of the molecule is COCC(C)NC(=S)N1CCN(c2ccccc2OC)CC1. The number of nitrogens with zero attached hydrogens (tertiary/aromatic N) is 2. The van der Waals surface area contributed by atoms with E-state index in [1.807, 2.05) is 18.2 Å². The number of hydrogen-bond donors (Lipinski definition) is 1. The van der Waals surface area contributed by atoms with E-state index in [-0.39, 0.29) is 6.04 Å². The van der Waals surface area contributed by atoms with Crippen LogP contribution in [0, 0.1) is 0 Å². The third kappa shape index (κ3) is 4.24. The Bertz CT molecular complexity index is 490. The molecule has 1 saturated heterocycles. The van der Waals surface area contributed by atoms with Gasteiger partial charge in [0.05, 0.1) is 19.4 Å². The maximum absolute atomic E-state index is 5.48. The van der Waals surface area contributed by atoms with Gasteiger partial charge >= 0.3 is 0 Å². The van der Waals surface area contributed by atoms with Gasteiger partial charge in [0.1, 0.15) is 5.75 Å². The first-order valence-corrected chi connectivity index (χ1v) is 7.99. The van der Waals surface area contributed by atoms with E-state index in [0.717, 1.165) is 42.7 Å². The lowest BCUT2D eigenvalue weighted by atomic mass is 10.2. The zero-order valence-electron chi connectivity index (χ0n) is 13.5. The maximum atomic E-state index is 5.48. The molecule has 1 aliphatic heterocycles. The van der Waals surface area contributed by atoms with E-state index < -0.39 is 0 Å². The molecule has 1 fully saturated rings. The van der Waals surface area contributed by atoms with Gasteiger partial charge in [0, 0.05) is 39.3 Å². The van der Waals surface area contributed by atoms with E-state index in [9.17, 15) is 0 Å². The number of benzene rings is 1. The highest BCUT2D eigenvalue weighted by Gasteiger charge is 2.21. The predicted molar refractivity (Wildman–Crippen MR) is 93.9 cm³/mol. The van der Waals surface area contributed by atoms with Gasteiger partial charge in [-0.25, -0.2) is 0 Å². The molecule has 1 aromatic carbocycles. The minimum atomic E-state index is 0.227. The lowest BCUT2D eigenvalue weighted by Crippen LogP contribution is -2.53. The number of hydrogen-bond acceptors (Lipinski definition) is 4. The monoisotopic (exact) mass is 323 g/mol. The summed E-state index contributed by atoms with van der Waals surface area (Å²) in [5, 5.41) is 4.13. The Hall–Kier alpha value is -1.53. The highest BCUT2D eigenvalue weighted by Crippen LogP contribution is 2.28. The molecule has 0 aromatic heterocycles. The Morgan fingerprint density at radius 3 is 2.55 bits per heavy atom. The highest BCUT2D eigenvalue weighted by atomic mass is 32.1. The second kappa shape index (κ2) is 8.19. The first-order chi connectivity index (χ1) is 10.7. The minimum absolute atomic E-state index is 0.227. The van der Waals surface area contributed by atoms with E-state index in [2.05, 4.69) is 28.1 Å². The third-order valence-corrected chi connectivity index (χ3v) is 4.16. The van der Waals surface area contributed by atoms with Crippen molar-refractivity contribution in [2.45, 2.75) is 13.0 Å². The molecule has 0 amide bonds. The lowest BCUT2D eigenvalue weighted by molar-refractivity contribution is 0.177. The van der Waals surface area contributed by atoms with Crippen LogP contribution in [0.2, 0.25) is 0 Å². The fraction of sp³-hybridized carbons (Fsp3) is 0.562. The number of nitrogens with one attached hydrogen (secondary N) is 1. The summed E-state index contributed by atoms with van der Waals surface area (Å²) in [5.41, 5.74) is 1.15. The van der Waals surface area contributed by atoms with Crippen LogP contribution in [0.1, 0.15) is 6.92 Å². The summed E-state index contributed by atoms with van der Waals surface area (Å²) in [5.74, 6) is 0.922. The number of anilines is 1. The predicted octanol–water partition coefficient (Wildman–Crippen LogP) is 1.73. The number of ether oxygens (including phenoxy) is 2. The van der Waals surface area contributed by atoms with Crippen LogP contribution in [0.25, 0.3) is 0 Å². The number of piperazine rings is 1. The molecule has 1 atom stereocenters. The van der Waals surface area contributed by atoms with Crippen molar-refractivity contribution in [1.29, 1.82) is 0 Å². The largest absolute Gasteiger partial charge is 0.495 e. The fourth-order valence-corrected chi connectivity index (χ4v) is 3.02. The normalized spacial score (nSPS) is 16.3. The van der Waals surface area contributed by atoms with Crippen molar-refractivity contribution < 1.29 is 9.47 Å². The van der Waals surface area contributed by atoms with Gasteiger partial charge in [0.15, 0.2) is 5.11 Å². The molecule has 1 heterocycles. The van der Waals surface area contributed by atoms with Gasteiger partial charge < -0.3 is 24.6 Å². The van der Waals surface area contributed by atoms with Crippen LogP contribution in [-0.4, -0.2) is 63.1 Å². The van der Waals surface area contributed by atoms with Crippen LogP contribution in [0.4, 0.5) is 5.69 Å². The fourth-order valence-electron chi connectivity index (χ4n) is 2.64. The number of rotatable bonds is 5. The van der Waals surface area contributed by atoms with Gasteiger partial charge in [-0.15, -0.1) is 0 Å². The van der Waals surface area contributed by atoms with Crippen LogP contribution in [0.5, 0.6) is 5.75 Å². The first kappa shape index (κ1) is 16.8. The molecule has 1 aromatic rings. The van der Waals surface area contributed by atoms with Crippen LogP contribution < -0.4 is 15.0 Å². The second-order valence-electron chi connectivity index (χ2n) is 5.45. The quantitative estimate of drug-likeness (QED) is 0.832. The molecular formula is C16H25N3O2S. The summed E-state index contributed by atoms with van der Waals surface area (Å²) < 4.78 is 10.6. The smallest absolute Gasteiger partial charge is 0.169 e. The maximum Gasteiger partial charge on any atom is 0.169 e. The third-order valence-electron chi connectivity index (χ3n) is 3.78. The molecule has 22 heavy (non-hydrogen) atoms. The van der Waals surface area contributed by atoms with Crippen LogP contribution >= 0.6 is 12.2 Å². The molecule has 122 valence electrons. The second-order valence-corrected chi connectivity index (χ2v) is 5.84. The molecule has 0 aliphatic carbocycles. The molecule has 2 rings (SSSR count). The summed E-state index contributed by atoms with van der Waals surface area (Å²) in [4.78, 5) is 4.56. The van der Waals surface area contributed by atoms with Crippen molar-refractivity contribution in [3.05, 3.63) is 24.3 Å². The Kier molecular flexibility index (Phi) is 6.27. The van der Waals surface area contributed by atoms with Gasteiger partial charge in [-0.05, 0) is 31.3 Å². The summed E-state index contributed by atoms with van der Waals surface area (Å²) in [6, 6.07) is 8.37. The molecule has 5 nitrogen and oxygen atoms in total. The van der Waals surface area contributed by atoms with Crippen LogP contribution in [0.15, 0.2) is 24.3 Å². The molecule has 6 heteroatoms. The Labute approximate surface area is 138 Å². The molecule has 0 radical (unpaired) electrons. The summed E-state index contributed by atoms with van der Waals surface area (Å²) in [6.45, 7) is 6.40. The molecule has 0 bridgehead atoms. The topological polar surface area (TPSA) is 37.0 Å². The zero-order chi connectivity index (χ0) is 15.9. The summed E-state index contributed by atoms with van der Waals surface area (Å²) in [6.07, 6.45) is 0. The van der Waals surface area contributed by atoms with Crippen molar-refractivity contribution in [2.75, 3.05) is 51.9 Å². The number of thiocarbonyl (C=S) groups is 1. The average Bonchev–Trinajstić information content (AvgIpc) is 2.55. The van der Waals surface area contributed by atoms with Crippen molar-refractivity contribution in [1.82, 2.24) is 10.2 Å². The summed E-state index contributed by atoms with van der Waals surface area (Å²) in [7, 11) is 3.42. The molecule has 1 N–H and O–H groups in total. The van der Waals surface area contributed by atoms with Crippen molar-refractivity contribution in [3.63, 3.8) is 0 Å². The molecule has 1 unspecified atom stereocenters. The molecule has 0 saturated carbocycles. The van der Waals surface area contributed by atoms with E-state index in [0.29, 0.717) is 6.61 Å². The average molecular weight is 323 g/mol. The van der Waals surface area contributed by atoms with E-state index >= 15 is 0 Å².